The van der Waals surface area contributed by atoms with E-state index < -0.39 is 0 Å². The lowest BCUT2D eigenvalue weighted by Crippen LogP contribution is -2.26. The lowest BCUT2D eigenvalue weighted by molar-refractivity contribution is 0.239. The molecular weight excluding hydrogens is 220 g/mol. The predicted octanol–water partition coefficient (Wildman–Crippen LogP) is 3.50. The first-order valence-electron chi connectivity index (χ1n) is 6.17. The molecule has 2 rings (SSSR count). The Kier molecular flexibility index (Phi) is 4.61. The molecule has 0 bridgehead atoms. The zero-order valence-corrected chi connectivity index (χ0v) is 10.4. The van der Waals surface area contributed by atoms with Crippen molar-refractivity contribution < 1.29 is 0 Å². The molecule has 0 radical (unpaired) electrons. The van der Waals surface area contributed by atoms with Crippen LogP contribution in [0.3, 0.4) is 0 Å². The van der Waals surface area contributed by atoms with Crippen molar-refractivity contribution in [2.24, 2.45) is 0 Å². The molecule has 1 aromatic heterocycles. The monoisotopic (exact) mass is 238 g/mol. The number of pyridine rings is 1. The molecule has 2 nitrogen and oxygen atoms in total. The van der Waals surface area contributed by atoms with Gasteiger partial charge in [0.1, 0.15) is 5.15 Å². The van der Waals surface area contributed by atoms with Crippen molar-refractivity contribution in [3.8, 4) is 0 Å². The van der Waals surface area contributed by atoms with E-state index in [2.05, 4.69) is 16.0 Å². The van der Waals surface area contributed by atoms with Crippen LogP contribution in [-0.4, -0.2) is 23.0 Å². The van der Waals surface area contributed by atoms with Crippen LogP contribution in [0.15, 0.2) is 18.3 Å². The zero-order chi connectivity index (χ0) is 11.2. The summed E-state index contributed by atoms with van der Waals surface area (Å²) in [6.07, 6.45) is 8.74. The highest BCUT2D eigenvalue weighted by Crippen LogP contribution is 2.13. The molecule has 1 aliphatic rings. The Bertz CT molecular complexity index is 302. The number of nitrogens with zero attached hydrogens (tertiary/aromatic N) is 2. The number of hydrogen-bond acceptors (Lipinski definition) is 2. The van der Waals surface area contributed by atoms with E-state index in [9.17, 15) is 0 Å². The van der Waals surface area contributed by atoms with Gasteiger partial charge in [-0.05, 0) is 37.6 Å². The predicted molar refractivity (Wildman–Crippen MR) is 67.6 cm³/mol. The van der Waals surface area contributed by atoms with Gasteiger partial charge in [-0.25, -0.2) is 4.98 Å². The fourth-order valence-corrected chi connectivity index (χ4v) is 2.34. The maximum atomic E-state index is 5.78. The van der Waals surface area contributed by atoms with Crippen molar-refractivity contribution in [1.29, 1.82) is 0 Å². The summed E-state index contributed by atoms with van der Waals surface area (Å²) in [4.78, 5) is 6.66. The van der Waals surface area contributed by atoms with Gasteiger partial charge in [0.05, 0.1) is 0 Å². The standard InChI is InChI=1S/C13H19ClN2/c14-13-7-6-12(10-15-13)11-16-8-4-2-1-3-5-9-16/h6-7,10H,1-5,8-9,11H2. The van der Waals surface area contributed by atoms with Gasteiger partial charge in [-0.2, -0.15) is 0 Å². The van der Waals surface area contributed by atoms with E-state index in [1.54, 1.807) is 0 Å². The Morgan fingerprint density at radius 1 is 1.06 bits per heavy atom. The van der Waals surface area contributed by atoms with Crippen LogP contribution in [0.5, 0.6) is 0 Å². The molecule has 3 heteroatoms. The van der Waals surface area contributed by atoms with Gasteiger partial charge in [-0.15, -0.1) is 0 Å². The normalized spacial score (nSPS) is 19.1. The van der Waals surface area contributed by atoms with Crippen LogP contribution in [0.4, 0.5) is 0 Å². The molecule has 0 spiro atoms. The maximum absolute atomic E-state index is 5.78. The zero-order valence-electron chi connectivity index (χ0n) is 9.66. The van der Waals surface area contributed by atoms with Crippen LogP contribution in [-0.2, 0) is 6.54 Å². The molecule has 1 aliphatic heterocycles. The van der Waals surface area contributed by atoms with Gasteiger partial charge in [0.15, 0.2) is 0 Å². The van der Waals surface area contributed by atoms with Crippen LogP contribution < -0.4 is 0 Å². The minimum atomic E-state index is 0.580. The van der Waals surface area contributed by atoms with E-state index in [1.807, 2.05) is 12.3 Å². The first kappa shape index (κ1) is 11.9. The van der Waals surface area contributed by atoms with Crippen molar-refractivity contribution in [2.45, 2.75) is 38.6 Å². The molecule has 88 valence electrons. The largest absolute Gasteiger partial charge is 0.299 e. The molecule has 16 heavy (non-hydrogen) atoms. The summed E-state index contributed by atoms with van der Waals surface area (Å²) in [5, 5.41) is 0.580. The summed E-state index contributed by atoms with van der Waals surface area (Å²) < 4.78 is 0. The third-order valence-corrected chi connectivity index (χ3v) is 3.37. The summed E-state index contributed by atoms with van der Waals surface area (Å²) in [7, 11) is 0. The molecule has 0 saturated carbocycles. The summed E-state index contributed by atoms with van der Waals surface area (Å²) in [6.45, 7) is 3.47. The van der Waals surface area contributed by atoms with Crippen molar-refractivity contribution in [1.82, 2.24) is 9.88 Å². The molecule has 0 atom stereocenters. The fraction of sp³-hybridized carbons (Fsp3) is 0.615. The summed E-state index contributed by atoms with van der Waals surface area (Å²) in [6, 6.07) is 3.95. The number of rotatable bonds is 2. The topological polar surface area (TPSA) is 16.1 Å². The summed E-state index contributed by atoms with van der Waals surface area (Å²) in [5.74, 6) is 0. The highest BCUT2D eigenvalue weighted by molar-refractivity contribution is 6.29. The van der Waals surface area contributed by atoms with E-state index >= 15 is 0 Å². The van der Waals surface area contributed by atoms with E-state index in [0.717, 1.165) is 6.54 Å². The number of halogens is 1. The van der Waals surface area contributed by atoms with Gasteiger partial charge in [-0.1, -0.05) is 36.9 Å². The number of likely N-dealkylation sites (tertiary alicyclic amines) is 1. The van der Waals surface area contributed by atoms with E-state index in [0.29, 0.717) is 5.15 Å². The Morgan fingerprint density at radius 3 is 2.38 bits per heavy atom. The average Bonchev–Trinajstić information content (AvgIpc) is 2.25. The lowest BCUT2D eigenvalue weighted by Gasteiger charge is -2.24. The molecule has 0 aromatic carbocycles. The van der Waals surface area contributed by atoms with E-state index in [4.69, 9.17) is 11.6 Å². The minimum Gasteiger partial charge on any atom is -0.299 e. The first-order chi connectivity index (χ1) is 7.84. The van der Waals surface area contributed by atoms with Gasteiger partial charge in [0, 0.05) is 12.7 Å². The van der Waals surface area contributed by atoms with E-state index in [1.165, 1.54) is 50.8 Å². The van der Waals surface area contributed by atoms with Crippen molar-refractivity contribution in [3.05, 3.63) is 29.0 Å². The highest BCUT2D eigenvalue weighted by atomic mass is 35.5. The lowest BCUT2D eigenvalue weighted by atomic mass is 10.1. The Morgan fingerprint density at radius 2 is 1.75 bits per heavy atom. The molecular formula is C13H19ClN2. The van der Waals surface area contributed by atoms with Gasteiger partial charge >= 0.3 is 0 Å². The molecule has 0 amide bonds. The van der Waals surface area contributed by atoms with Crippen LogP contribution in [0.1, 0.15) is 37.7 Å². The van der Waals surface area contributed by atoms with Gasteiger partial charge in [-0.3, -0.25) is 4.90 Å². The van der Waals surface area contributed by atoms with Gasteiger partial charge in [0.25, 0.3) is 0 Å². The molecule has 0 aliphatic carbocycles. The average molecular weight is 239 g/mol. The van der Waals surface area contributed by atoms with Crippen molar-refractivity contribution in [3.63, 3.8) is 0 Å². The second-order valence-electron chi connectivity index (χ2n) is 4.53. The molecule has 1 saturated heterocycles. The molecule has 2 heterocycles. The second-order valence-corrected chi connectivity index (χ2v) is 4.92. The molecule has 1 aromatic rings. The van der Waals surface area contributed by atoms with Gasteiger partial charge < -0.3 is 0 Å². The van der Waals surface area contributed by atoms with Crippen LogP contribution in [0.2, 0.25) is 5.15 Å². The summed E-state index contributed by atoms with van der Waals surface area (Å²) >= 11 is 5.78. The third kappa shape index (κ3) is 3.76. The SMILES string of the molecule is Clc1ccc(CN2CCCCCCC2)cn1. The second kappa shape index (κ2) is 6.21. The quantitative estimate of drug-likeness (QED) is 0.734. The summed E-state index contributed by atoms with van der Waals surface area (Å²) in [5.41, 5.74) is 1.27. The number of aromatic nitrogens is 1. The minimum absolute atomic E-state index is 0.580. The molecule has 0 unspecified atom stereocenters. The van der Waals surface area contributed by atoms with E-state index in [-0.39, 0.29) is 0 Å². The third-order valence-electron chi connectivity index (χ3n) is 3.14. The Hall–Kier alpha value is -0.600. The fourth-order valence-electron chi connectivity index (χ4n) is 2.23. The van der Waals surface area contributed by atoms with Crippen LogP contribution in [0.25, 0.3) is 0 Å². The van der Waals surface area contributed by atoms with Crippen molar-refractivity contribution in [2.75, 3.05) is 13.1 Å². The Balaban J connectivity index is 1.89. The molecule has 0 N–H and O–H groups in total. The van der Waals surface area contributed by atoms with Crippen molar-refractivity contribution >= 4 is 11.6 Å². The highest BCUT2D eigenvalue weighted by Gasteiger charge is 2.08. The number of hydrogen-bond donors (Lipinski definition) is 0. The molecule has 1 fully saturated rings. The first-order valence-corrected chi connectivity index (χ1v) is 6.55. The Labute approximate surface area is 103 Å². The van der Waals surface area contributed by atoms with Crippen LogP contribution >= 0.6 is 11.6 Å². The smallest absolute Gasteiger partial charge is 0.129 e. The maximum Gasteiger partial charge on any atom is 0.129 e. The van der Waals surface area contributed by atoms with Crippen LogP contribution in [0, 0.1) is 0 Å². The van der Waals surface area contributed by atoms with Gasteiger partial charge in [0.2, 0.25) is 0 Å².